The first-order chi connectivity index (χ1) is 13.8. The second-order valence-corrected chi connectivity index (χ2v) is 7.25. The van der Waals surface area contributed by atoms with Gasteiger partial charge in [0.05, 0.1) is 16.6 Å². The van der Waals surface area contributed by atoms with Gasteiger partial charge in [-0.2, -0.15) is 0 Å². The van der Waals surface area contributed by atoms with E-state index in [1.807, 2.05) is 4.90 Å². The highest BCUT2D eigenvalue weighted by Crippen LogP contribution is 2.32. The zero-order chi connectivity index (χ0) is 20.9. The molecule has 2 aromatic carbocycles. The number of aryl methyl sites for hydroxylation is 1. The summed E-state index contributed by atoms with van der Waals surface area (Å²) in [6.07, 6.45) is 1.91. The van der Waals surface area contributed by atoms with Crippen LogP contribution >= 0.6 is 12.4 Å². The van der Waals surface area contributed by atoms with Crippen LogP contribution in [0.15, 0.2) is 41.3 Å². The number of rotatable bonds is 3. The normalized spacial score (nSPS) is 16.0. The van der Waals surface area contributed by atoms with Crippen LogP contribution in [0.25, 0.3) is 16.6 Å². The number of carboxylic acid groups (broad SMARTS) is 1. The van der Waals surface area contributed by atoms with E-state index in [0.717, 1.165) is 6.42 Å². The van der Waals surface area contributed by atoms with Gasteiger partial charge in [-0.05, 0) is 43.7 Å². The van der Waals surface area contributed by atoms with Gasteiger partial charge >= 0.3 is 5.97 Å². The highest BCUT2D eigenvalue weighted by Gasteiger charge is 2.26. The predicted molar refractivity (Wildman–Crippen MR) is 113 cm³/mol. The molecule has 1 saturated heterocycles. The topological polar surface area (TPSA) is 88.6 Å². The number of pyridine rings is 1. The number of aromatic carboxylic acids is 1. The molecule has 0 amide bonds. The van der Waals surface area contributed by atoms with Crippen molar-refractivity contribution in [2.24, 2.45) is 5.73 Å². The number of hydrogen-bond donors (Lipinski definition) is 2. The number of nitrogens with two attached hydrogens (primary N) is 1. The van der Waals surface area contributed by atoms with Gasteiger partial charge in [-0.15, -0.1) is 12.4 Å². The summed E-state index contributed by atoms with van der Waals surface area (Å²) in [6.45, 7) is 2.52. The van der Waals surface area contributed by atoms with Crippen molar-refractivity contribution in [1.82, 2.24) is 4.57 Å². The molecule has 3 N–H and O–H groups in total. The summed E-state index contributed by atoms with van der Waals surface area (Å²) < 4.78 is 30.0. The summed E-state index contributed by atoms with van der Waals surface area (Å²) in [6, 6.07) is 6.86. The van der Waals surface area contributed by atoms with Crippen molar-refractivity contribution in [3.05, 3.63) is 69.5 Å². The molecule has 158 valence electrons. The lowest BCUT2D eigenvalue weighted by Crippen LogP contribution is -2.27. The SMILES string of the molecule is Cc1c(F)c(N2CCC(N)C2)cc2c1c(=O)c(C(=O)O)cn2-c1ccc(F)cc1.Cl. The average molecular weight is 436 g/mol. The van der Waals surface area contributed by atoms with Crippen molar-refractivity contribution in [3.8, 4) is 5.69 Å². The van der Waals surface area contributed by atoms with Gasteiger partial charge in [-0.1, -0.05) is 0 Å². The first-order valence-corrected chi connectivity index (χ1v) is 9.16. The fourth-order valence-electron chi connectivity index (χ4n) is 3.83. The molecule has 0 aliphatic carbocycles. The van der Waals surface area contributed by atoms with Crippen molar-refractivity contribution in [2.45, 2.75) is 19.4 Å². The Hall–Kier alpha value is -2.97. The van der Waals surface area contributed by atoms with Crippen molar-refractivity contribution < 1.29 is 18.7 Å². The third-order valence-corrected chi connectivity index (χ3v) is 5.35. The van der Waals surface area contributed by atoms with Gasteiger partial charge in [0.15, 0.2) is 0 Å². The minimum atomic E-state index is -1.41. The number of halogens is 3. The van der Waals surface area contributed by atoms with E-state index in [-0.39, 0.29) is 29.4 Å². The van der Waals surface area contributed by atoms with E-state index in [1.165, 1.54) is 48.0 Å². The molecule has 2 heterocycles. The molecule has 1 fully saturated rings. The Labute approximate surface area is 176 Å². The number of benzene rings is 2. The molecule has 0 radical (unpaired) electrons. The van der Waals surface area contributed by atoms with Crippen LogP contribution in [0.4, 0.5) is 14.5 Å². The van der Waals surface area contributed by atoms with E-state index >= 15 is 4.39 Å². The molecule has 3 aromatic rings. The predicted octanol–water partition coefficient (Wildman–Crippen LogP) is 3.23. The molecule has 0 spiro atoms. The summed E-state index contributed by atoms with van der Waals surface area (Å²) in [5.74, 6) is -2.44. The van der Waals surface area contributed by atoms with Crippen molar-refractivity contribution >= 4 is 35.0 Å². The summed E-state index contributed by atoms with van der Waals surface area (Å²) >= 11 is 0. The highest BCUT2D eigenvalue weighted by atomic mass is 35.5. The maximum Gasteiger partial charge on any atom is 0.341 e. The molecule has 6 nitrogen and oxygen atoms in total. The van der Waals surface area contributed by atoms with Gasteiger partial charge < -0.3 is 20.3 Å². The molecule has 1 atom stereocenters. The van der Waals surface area contributed by atoms with E-state index in [9.17, 15) is 19.1 Å². The molecule has 0 bridgehead atoms. The summed E-state index contributed by atoms with van der Waals surface area (Å²) in [4.78, 5) is 26.2. The van der Waals surface area contributed by atoms with Crippen molar-refractivity contribution in [2.75, 3.05) is 18.0 Å². The van der Waals surface area contributed by atoms with Crippen LogP contribution in [-0.2, 0) is 0 Å². The van der Waals surface area contributed by atoms with Crippen molar-refractivity contribution in [3.63, 3.8) is 0 Å². The highest BCUT2D eigenvalue weighted by molar-refractivity contribution is 5.95. The fraction of sp³-hybridized carbons (Fsp3) is 0.238. The molecule has 1 unspecified atom stereocenters. The number of anilines is 1. The lowest BCUT2D eigenvalue weighted by atomic mass is 10.0. The van der Waals surface area contributed by atoms with E-state index in [4.69, 9.17) is 5.73 Å². The van der Waals surface area contributed by atoms with E-state index < -0.39 is 28.6 Å². The molecule has 0 saturated carbocycles. The monoisotopic (exact) mass is 435 g/mol. The quantitative estimate of drug-likeness (QED) is 0.659. The Kier molecular flexibility index (Phi) is 5.83. The molecule has 1 aliphatic rings. The zero-order valence-electron chi connectivity index (χ0n) is 16.1. The van der Waals surface area contributed by atoms with E-state index in [1.54, 1.807) is 0 Å². The van der Waals surface area contributed by atoms with Crippen LogP contribution in [0.2, 0.25) is 0 Å². The molecule has 1 aliphatic heterocycles. The summed E-state index contributed by atoms with van der Waals surface area (Å²) in [5.41, 5.74) is 5.89. The number of carboxylic acids is 1. The van der Waals surface area contributed by atoms with Crippen molar-refractivity contribution in [1.29, 1.82) is 0 Å². The maximum absolute atomic E-state index is 15.2. The van der Waals surface area contributed by atoms with Crippen LogP contribution in [0.1, 0.15) is 22.3 Å². The van der Waals surface area contributed by atoms with Gasteiger partial charge in [0.25, 0.3) is 0 Å². The molecule has 30 heavy (non-hydrogen) atoms. The molecular weight excluding hydrogens is 416 g/mol. The minimum absolute atomic E-state index is 0. The lowest BCUT2D eigenvalue weighted by molar-refractivity contribution is 0.0695. The molecular formula is C21H20ClF2N3O3. The zero-order valence-corrected chi connectivity index (χ0v) is 16.9. The van der Waals surface area contributed by atoms with Crippen LogP contribution < -0.4 is 16.1 Å². The van der Waals surface area contributed by atoms with Gasteiger partial charge in [0.2, 0.25) is 5.43 Å². The number of fused-ring (bicyclic) bond motifs is 1. The van der Waals surface area contributed by atoms with Gasteiger partial charge in [-0.25, -0.2) is 13.6 Å². The second-order valence-electron chi connectivity index (χ2n) is 7.25. The number of nitrogens with zero attached hydrogens (tertiary/aromatic N) is 2. The largest absolute Gasteiger partial charge is 0.477 e. The summed E-state index contributed by atoms with van der Waals surface area (Å²) in [7, 11) is 0. The van der Waals surface area contributed by atoms with Gasteiger partial charge in [0.1, 0.15) is 17.2 Å². The maximum atomic E-state index is 15.2. The Balaban J connectivity index is 0.00000256. The molecule has 1 aromatic heterocycles. The Morgan fingerprint density at radius 2 is 1.90 bits per heavy atom. The standard InChI is InChI=1S/C21H19F2N3O3.ClH/c1-11-18-16(8-17(19(11)23)25-7-6-13(24)9-25)26(10-15(20(18)27)21(28)29)14-4-2-12(22)3-5-14;/h2-5,8,10,13H,6-7,9,24H2,1H3,(H,28,29);1H. The van der Waals surface area contributed by atoms with Crippen LogP contribution in [0.5, 0.6) is 0 Å². The summed E-state index contributed by atoms with van der Waals surface area (Å²) in [5, 5.41) is 9.45. The number of aromatic nitrogens is 1. The van der Waals surface area contributed by atoms with Gasteiger partial charge in [-0.3, -0.25) is 4.79 Å². The van der Waals surface area contributed by atoms with E-state index in [0.29, 0.717) is 30.0 Å². The Morgan fingerprint density at radius 1 is 1.23 bits per heavy atom. The third-order valence-electron chi connectivity index (χ3n) is 5.35. The van der Waals surface area contributed by atoms with E-state index in [2.05, 4.69) is 0 Å². The molecule has 4 rings (SSSR count). The second kappa shape index (κ2) is 8.04. The third kappa shape index (κ3) is 3.53. The first kappa shape index (κ1) is 21.7. The van der Waals surface area contributed by atoms with Crippen LogP contribution in [-0.4, -0.2) is 34.8 Å². The lowest BCUT2D eigenvalue weighted by Gasteiger charge is -2.22. The Morgan fingerprint density at radius 3 is 2.47 bits per heavy atom. The van der Waals surface area contributed by atoms with Gasteiger partial charge in [0, 0.05) is 36.6 Å². The Bertz CT molecular complexity index is 1200. The smallest absolute Gasteiger partial charge is 0.341 e. The number of hydrogen-bond acceptors (Lipinski definition) is 4. The average Bonchev–Trinajstić information content (AvgIpc) is 3.11. The minimum Gasteiger partial charge on any atom is -0.477 e. The molecule has 9 heteroatoms. The van der Waals surface area contributed by atoms with Crippen LogP contribution in [0.3, 0.4) is 0 Å². The fourth-order valence-corrected chi connectivity index (χ4v) is 3.83. The van der Waals surface area contributed by atoms with Crippen LogP contribution in [0, 0.1) is 18.6 Å². The number of carbonyl (C=O) groups is 1. The first-order valence-electron chi connectivity index (χ1n) is 9.16.